The van der Waals surface area contributed by atoms with Gasteiger partial charge in [0.2, 0.25) is 5.91 Å². The Morgan fingerprint density at radius 2 is 1.82 bits per heavy atom. The fourth-order valence-corrected chi connectivity index (χ4v) is 4.10. The van der Waals surface area contributed by atoms with Gasteiger partial charge in [-0.15, -0.1) is 24.8 Å². The van der Waals surface area contributed by atoms with Crippen LogP contribution >= 0.6 is 24.8 Å². The van der Waals surface area contributed by atoms with E-state index in [2.05, 4.69) is 10.2 Å². The highest BCUT2D eigenvalue weighted by molar-refractivity contribution is 5.85. The Morgan fingerprint density at radius 3 is 2.39 bits per heavy atom. The van der Waals surface area contributed by atoms with Gasteiger partial charge in [0.05, 0.1) is 14.2 Å². The number of hydrogen-bond acceptors (Lipinski definition) is 5. The van der Waals surface area contributed by atoms with Crippen molar-refractivity contribution in [2.75, 3.05) is 38.8 Å². The van der Waals surface area contributed by atoms with Crippen LogP contribution in [-0.2, 0) is 4.79 Å². The van der Waals surface area contributed by atoms with E-state index < -0.39 is 0 Å². The zero-order valence-electron chi connectivity index (χ0n) is 16.7. The lowest BCUT2D eigenvalue weighted by Gasteiger charge is -2.21. The van der Waals surface area contributed by atoms with Gasteiger partial charge in [0.15, 0.2) is 0 Å². The van der Waals surface area contributed by atoms with E-state index in [9.17, 15) is 4.79 Å². The average molecular weight is 434 g/mol. The van der Waals surface area contributed by atoms with Gasteiger partial charge in [0.25, 0.3) is 0 Å². The van der Waals surface area contributed by atoms with E-state index in [1.165, 1.54) is 0 Å². The molecule has 0 radical (unpaired) electrons. The molecule has 1 aromatic carbocycles. The normalized spacial score (nSPS) is 23.5. The maximum atomic E-state index is 12.2. The smallest absolute Gasteiger partial charge is 0.220 e. The number of nitrogens with two attached hydrogens (primary N) is 1. The van der Waals surface area contributed by atoms with Crippen LogP contribution in [0.4, 0.5) is 5.69 Å². The lowest BCUT2D eigenvalue weighted by Crippen LogP contribution is -2.34. The first-order chi connectivity index (χ1) is 12.6. The van der Waals surface area contributed by atoms with E-state index in [0.717, 1.165) is 62.5 Å². The molecule has 1 aliphatic heterocycles. The maximum Gasteiger partial charge on any atom is 0.220 e. The number of carbonyl (C=O) groups is 1. The summed E-state index contributed by atoms with van der Waals surface area (Å²) in [6.45, 7) is 2.64. The molecule has 1 saturated heterocycles. The SMILES string of the molecule is COc1cc(OC)cc(N2CCC(CNC(=O)C[C@@H]3CCC[C@H]3N)C2)c1.Cl.Cl. The first kappa shape index (κ1) is 24.7. The second-order valence-corrected chi connectivity index (χ2v) is 7.53. The molecule has 3 rings (SSSR count). The van der Waals surface area contributed by atoms with Crippen LogP contribution in [0.1, 0.15) is 32.1 Å². The number of anilines is 1. The number of benzene rings is 1. The minimum atomic E-state index is 0. The van der Waals surface area contributed by atoms with Gasteiger partial charge in [-0.25, -0.2) is 0 Å². The molecular weight excluding hydrogens is 401 g/mol. The van der Waals surface area contributed by atoms with Crippen LogP contribution in [0, 0.1) is 11.8 Å². The van der Waals surface area contributed by atoms with Crippen LogP contribution < -0.4 is 25.4 Å². The van der Waals surface area contributed by atoms with Crippen molar-refractivity contribution in [2.45, 2.75) is 38.1 Å². The van der Waals surface area contributed by atoms with Crippen LogP contribution in [0.2, 0.25) is 0 Å². The topological polar surface area (TPSA) is 76.8 Å². The molecule has 2 fully saturated rings. The van der Waals surface area contributed by atoms with Crippen molar-refractivity contribution in [3.05, 3.63) is 18.2 Å². The van der Waals surface area contributed by atoms with Gasteiger partial charge in [-0.1, -0.05) is 6.42 Å². The zero-order chi connectivity index (χ0) is 18.5. The minimum absolute atomic E-state index is 0. The molecule has 3 atom stereocenters. The van der Waals surface area contributed by atoms with Crippen molar-refractivity contribution in [1.82, 2.24) is 5.32 Å². The Hall–Kier alpha value is -1.37. The van der Waals surface area contributed by atoms with Crippen LogP contribution in [0.25, 0.3) is 0 Å². The molecule has 1 heterocycles. The van der Waals surface area contributed by atoms with Gasteiger partial charge in [-0.3, -0.25) is 4.79 Å². The predicted molar refractivity (Wildman–Crippen MR) is 117 cm³/mol. The summed E-state index contributed by atoms with van der Waals surface area (Å²) in [7, 11) is 3.33. The molecule has 160 valence electrons. The Kier molecular flexibility index (Phi) is 10.2. The second kappa shape index (κ2) is 11.6. The summed E-state index contributed by atoms with van der Waals surface area (Å²) in [6.07, 6.45) is 4.94. The van der Waals surface area contributed by atoms with Crippen molar-refractivity contribution in [1.29, 1.82) is 0 Å². The average Bonchev–Trinajstić information content (AvgIpc) is 3.29. The number of ether oxygens (including phenoxy) is 2. The molecular formula is C20H33Cl2N3O3. The fourth-order valence-electron chi connectivity index (χ4n) is 4.10. The van der Waals surface area contributed by atoms with Gasteiger partial charge in [0, 0.05) is 56.0 Å². The molecule has 1 aromatic rings. The van der Waals surface area contributed by atoms with Gasteiger partial charge < -0.3 is 25.4 Å². The molecule has 0 aromatic heterocycles. The van der Waals surface area contributed by atoms with E-state index in [1.54, 1.807) is 14.2 Å². The summed E-state index contributed by atoms with van der Waals surface area (Å²) in [5.41, 5.74) is 7.17. The molecule has 6 nitrogen and oxygen atoms in total. The highest BCUT2D eigenvalue weighted by Gasteiger charge is 2.27. The number of rotatable bonds is 7. The molecule has 1 saturated carbocycles. The van der Waals surface area contributed by atoms with Crippen molar-refractivity contribution >= 4 is 36.4 Å². The Labute approximate surface area is 180 Å². The van der Waals surface area contributed by atoms with E-state index in [4.69, 9.17) is 15.2 Å². The number of carbonyl (C=O) groups excluding carboxylic acids is 1. The Balaban J connectivity index is 0.00000196. The van der Waals surface area contributed by atoms with E-state index in [0.29, 0.717) is 18.3 Å². The van der Waals surface area contributed by atoms with Crippen molar-refractivity contribution < 1.29 is 14.3 Å². The largest absolute Gasteiger partial charge is 0.497 e. The molecule has 1 aliphatic carbocycles. The zero-order valence-corrected chi connectivity index (χ0v) is 18.3. The Morgan fingerprint density at radius 1 is 1.14 bits per heavy atom. The van der Waals surface area contributed by atoms with Crippen molar-refractivity contribution in [2.24, 2.45) is 17.6 Å². The summed E-state index contributed by atoms with van der Waals surface area (Å²) < 4.78 is 10.7. The number of nitrogens with one attached hydrogen (secondary N) is 1. The van der Waals surface area contributed by atoms with Crippen LogP contribution in [-0.4, -0.2) is 45.8 Å². The molecule has 0 spiro atoms. The molecule has 28 heavy (non-hydrogen) atoms. The van der Waals surface area contributed by atoms with Gasteiger partial charge in [0.1, 0.15) is 11.5 Å². The number of hydrogen-bond donors (Lipinski definition) is 2. The summed E-state index contributed by atoms with van der Waals surface area (Å²) in [5, 5.41) is 3.12. The number of nitrogens with zero attached hydrogens (tertiary/aromatic N) is 1. The summed E-state index contributed by atoms with van der Waals surface area (Å²) >= 11 is 0. The third-order valence-corrected chi connectivity index (χ3v) is 5.74. The second-order valence-electron chi connectivity index (χ2n) is 7.53. The van der Waals surface area contributed by atoms with E-state index in [1.807, 2.05) is 18.2 Å². The third kappa shape index (κ3) is 6.33. The summed E-state index contributed by atoms with van der Waals surface area (Å²) in [5.74, 6) is 2.56. The monoisotopic (exact) mass is 433 g/mol. The number of methoxy groups -OCH3 is 2. The minimum Gasteiger partial charge on any atom is -0.497 e. The molecule has 1 amide bonds. The molecule has 0 bridgehead atoms. The molecule has 8 heteroatoms. The van der Waals surface area contributed by atoms with Crippen LogP contribution in [0.5, 0.6) is 11.5 Å². The van der Waals surface area contributed by atoms with Crippen molar-refractivity contribution in [3.63, 3.8) is 0 Å². The lowest BCUT2D eigenvalue weighted by molar-refractivity contribution is -0.122. The fraction of sp³-hybridized carbons (Fsp3) is 0.650. The summed E-state index contributed by atoms with van der Waals surface area (Å²) in [4.78, 5) is 14.5. The van der Waals surface area contributed by atoms with Crippen LogP contribution in [0.3, 0.4) is 0 Å². The van der Waals surface area contributed by atoms with Crippen molar-refractivity contribution in [3.8, 4) is 11.5 Å². The van der Waals surface area contributed by atoms with Gasteiger partial charge in [-0.2, -0.15) is 0 Å². The van der Waals surface area contributed by atoms with E-state index in [-0.39, 0.29) is 36.8 Å². The lowest BCUT2D eigenvalue weighted by atomic mass is 9.99. The highest BCUT2D eigenvalue weighted by atomic mass is 35.5. The predicted octanol–water partition coefficient (Wildman–Crippen LogP) is 3.01. The Bertz CT molecular complexity index is 610. The molecule has 3 N–H and O–H groups in total. The van der Waals surface area contributed by atoms with E-state index >= 15 is 0 Å². The quantitative estimate of drug-likeness (QED) is 0.690. The first-order valence-electron chi connectivity index (χ1n) is 9.59. The van der Waals surface area contributed by atoms with Gasteiger partial charge >= 0.3 is 0 Å². The maximum absolute atomic E-state index is 12.2. The van der Waals surface area contributed by atoms with Gasteiger partial charge in [-0.05, 0) is 31.1 Å². The van der Waals surface area contributed by atoms with Crippen LogP contribution in [0.15, 0.2) is 18.2 Å². The molecule has 2 aliphatic rings. The summed E-state index contributed by atoms with van der Waals surface area (Å²) in [6, 6.07) is 6.15. The number of halogens is 2. The molecule has 1 unspecified atom stereocenters. The third-order valence-electron chi connectivity index (χ3n) is 5.74. The standard InChI is InChI=1S/C20H31N3O3.2ClH/c1-25-17-9-16(10-18(11-17)26-2)23-7-6-14(13-23)12-22-20(24)8-15-4-3-5-19(15)21;;/h9-11,14-15,19H,3-8,12-13,21H2,1-2H3,(H,22,24);2*1H/t14?,15-,19+;;/m0../s1. The number of amides is 1. The highest BCUT2D eigenvalue weighted by Crippen LogP contribution is 2.31. The first-order valence-corrected chi connectivity index (χ1v) is 9.59.